The molecule has 30 heavy (non-hydrogen) atoms. The van der Waals surface area contributed by atoms with E-state index in [0.29, 0.717) is 23.6 Å². The molecule has 1 fully saturated rings. The van der Waals surface area contributed by atoms with E-state index in [9.17, 15) is 9.59 Å². The maximum Gasteiger partial charge on any atom is 0.233 e. The van der Waals surface area contributed by atoms with Gasteiger partial charge in [-0.1, -0.05) is 30.7 Å². The van der Waals surface area contributed by atoms with Crippen LogP contribution in [-0.2, 0) is 22.6 Å². The Morgan fingerprint density at radius 1 is 1.17 bits per heavy atom. The van der Waals surface area contributed by atoms with Gasteiger partial charge in [0.25, 0.3) is 0 Å². The molecule has 3 rings (SSSR count). The molecule has 1 aromatic heterocycles. The maximum atomic E-state index is 12.5. The third-order valence-corrected chi connectivity index (χ3v) is 6.37. The van der Waals surface area contributed by atoms with E-state index < -0.39 is 0 Å². The Kier molecular flexibility index (Phi) is 7.53. The highest BCUT2D eigenvalue weighted by Gasteiger charge is 2.24. The first-order valence-corrected chi connectivity index (χ1v) is 11.5. The van der Waals surface area contributed by atoms with Gasteiger partial charge < -0.3 is 15.2 Å². The number of amides is 2. The molecule has 2 N–H and O–H groups in total. The van der Waals surface area contributed by atoms with Crippen molar-refractivity contribution in [2.45, 2.75) is 82.8 Å². The van der Waals surface area contributed by atoms with Gasteiger partial charge in [0.2, 0.25) is 11.8 Å². The van der Waals surface area contributed by atoms with Crippen molar-refractivity contribution in [1.29, 1.82) is 0 Å². The smallest absolute Gasteiger partial charge is 0.233 e. The molecule has 1 atom stereocenters. The summed E-state index contributed by atoms with van der Waals surface area (Å²) in [4.78, 5) is 25.0. The number of anilines is 1. The summed E-state index contributed by atoms with van der Waals surface area (Å²) in [6.07, 6.45) is 4.63. The Labute approximate surface area is 182 Å². The fourth-order valence-electron chi connectivity index (χ4n) is 3.85. The summed E-state index contributed by atoms with van der Waals surface area (Å²) in [5, 5.41) is 14.9. The fraction of sp³-hybridized carbons (Fsp3) is 0.545. The molecule has 2 amide bonds. The van der Waals surface area contributed by atoms with Crippen LogP contribution in [-0.4, -0.2) is 37.9 Å². The van der Waals surface area contributed by atoms with Crippen LogP contribution in [0, 0.1) is 13.8 Å². The Morgan fingerprint density at radius 2 is 1.83 bits per heavy atom. The molecule has 1 heterocycles. The summed E-state index contributed by atoms with van der Waals surface area (Å²) in [5.41, 5.74) is 2.99. The number of carbonyl (C=O) groups is 2. The molecule has 1 aliphatic rings. The SMILES string of the molecule is CCn1c(CC(=O)Nc2cc(C)cc(C)c2)nnc1S[C@@H](C)C(=O)NC1CCCC1. The first-order chi connectivity index (χ1) is 14.4. The van der Waals surface area contributed by atoms with Crippen molar-refractivity contribution in [3.8, 4) is 0 Å². The average molecular weight is 430 g/mol. The number of aromatic nitrogens is 3. The summed E-state index contributed by atoms with van der Waals surface area (Å²) in [5.74, 6) is 0.502. The summed E-state index contributed by atoms with van der Waals surface area (Å²) in [6, 6.07) is 6.26. The van der Waals surface area contributed by atoms with Gasteiger partial charge in [0.1, 0.15) is 5.82 Å². The fourth-order valence-corrected chi connectivity index (χ4v) is 4.79. The van der Waals surface area contributed by atoms with Crippen LogP contribution in [0.3, 0.4) is 0 Å². The lowest BCUT2D eigenvalue weighted by molar-refractivity contribution is -0.121. The molecular weight excluding hydrogens is 398 g/mol. The molecule has 7 nitrogen and oxygen atoms in total. The number of hydrogen-bond donors (Lipinski definition) is 2. The number of benzene rings is 1. The predicted molar refractivity (Wildman–Crippen MR) is 120 cm³/mol. The molecule has 1 saturated carbocycles. The van der Waals surface area contributed by atoms with Crippen molar-refractivity contribution >= 4 is 29.3 Å². The molecule has 1 aliphatic carbocycles. The van der Waals surface area contributed by atoms with Gasteiger partial charge in [0.15, 0.2) is 5.16 Å². The third-order valence-electron chi connectivity index (χ3n) is 5.29. The van der Waals surface area contributed by atoms with Crippen LogP contribution in [0.5, 0.6) is 0 Å². The lowest BCUT2D eigenvalue weighted by Gasteiger charge is -2.16. The second-order valence-electron chi connectivity index (χ2n) is 7.99. The predicted octanol–water partition coefficient (Wildman–Crippen LogP) is 3.64. The van der Waals surface area contributed by atoms with Crippen molar-refractivity contribution in [2.24, 2.45) is 0 Å². The van der Waals surface area contributed by atoms with Gasteiger partial charge in [-0.25, -0.2) is 0 Å². The highest BCUT2D eigenvalue weighted by atomic mass is 32.2. The lowest BCUT2D eigenvalue weighted by Crippen LogP contribution is -2.37. The maximum absolute atomic E-state index is 12.5. The Bertz CT molecular complexity index is 885. The van der Waals surface area contributed by atoms with E-state index >= 15 is 0 Å². The number of rotatable bonds is 8. The second-order valence-corrected chi connectivity index (χ2v) is 9.30. The lowest BCUT2D eigenvalue weighted by atomic mass is 10.1. The summed E-state index contributed by atoms with van der Waals surface area (Å²) in [6.45, 7) is 8.52. The highest BCUT2D eigenvalue weighted by molar-refractivity contribution is 8.00. The summed E-state index contributed by atoms with van der Waals surface area (Å²) < 4.78 is 1.91. The first-order valence-electron chi connectivity index (χ1n) is 10.6. The quantitative estimate of drug-likeness (QED) is 0.626. The highest BCUT2D eigenvalue weighted by Crippen LogP contribution is 2.24. The minimum Gasteiger partial charge on any atom is -0.352 e. The monoisotopic (exact) mass is 429 g/mol. The van der Waals surface area contributed by atoms with Gasteiger partial charge in [-0.15, -0.1) is 10.2 Å². The number of nitrogens with zero attached hydrogens (tertiary/aromatic N) is 3. The van der Waals surface area contributed by atoms with Gasteiger partial charge in [-0.3, -0.25) is 9.59 Å². The largest absolute Gasteiger partial charge is 0.352 e. The Morgan fingerprint density at radius 3 is 2.47 bits per heavy atom. The van der Waals surface area contributed by atoms with E-state index in [4.69, 9.17) is 0 Å². The molecule has 2 aromatic rings. The molecule has 0 radical (unpaired) electrons. The van der Waals surface area contributed by atoms with Gasteiger partial charge >= 0.3 is 0 Å². The average Bonchev–Trinajstić information content (AvgIpc) is 3.30. The van der Waals surface area contributed by atoms with E-state index in [2.05, 4.69) is 26.9 Å². The number of hydrogen-bond acceptors (Lipinski definition) is 5. The van der Waals surface area contributed by atoms with Crippen molar-refractivity contribution < 1.29 is 9.59 Å². The normalized spacial score (nSPS) is 15.2. The van der Waals surface area contributed by atoms with E-state index in [1.807, 2.05) is 44.4 Å². The Hall–Kier alpha value is -2.35. The number of thioether (sulfide) groups is 1. The zero-order valence-electron chi connectivity index (χ0n) is 18.2. The van der Waals surface area contributed by atoms with Crippen LogP contribution in [0.25, 0.3) is 0 Å². The molecule has 0 aliphatic heterocycles. The van der Waals surface area contributed by atoms with Gasteiger partial charge in [0.05, 0.1) is 11.7 Å². The minimum absolute atomic E-state index is 0.0339. The molecule has 0 saturated heterocycles. The topological polar surface area (TPSA) is 88.9 Å². The van der Waals surface area contributed by atoms with Crippen LogP contribution < -0.4 is 10.6 Å². The molecular formula is C22H31N5O2S. The van der Waals surface area contributed by atoms with Crippen LogP contribution >= 0.6 is 11.8 Å². The number of carbonyl (C=O) groups excluding carboxylic acids is 2. The molecule has 0 spiro atoms. The van der Waals surface area contributed by atoms with Crippen LogP contribution in [0.2, 0.25) is 0 Å². The summed E-state index contributed by atoms with van der Waals surface area (Å²) >= 11 is 1.39. The number of nitrogens with one attached hydrogen (secondary N) is 2. The first kappa shape index (κ1) is 22.3. The zero-order valence-corrected chi connectivity index (χ0v) is 19.0. The van der Waals surface area contributed by atoms with Crippen molar-refractivity contribution in [2.75, 3.05) is 5.32 Å². The van der Waals surface area contributed by atoms with E-state index in [0.717, 1.165) is 29.7 Å². The molecule has 1 aromatic carbocycles. The zero-order chi connectivity index (χ0) is 21.7. The van der Waals surface area contributed by atoms with Crippen LogP contribution in [0.4, 0.5) is 5.69 Å². The third kappa shape index (κ3) is 5.84. The molecule has 0 bridgehead atoms. The van der Waals surface area contributed by atoms with E-state index in [-0.39, 0.29) is 23.5 Å². The van der Waals surface area contributed by atoms with Crippen LogP contribution in [0.1, 0.15) is 56.5 Å². The van der Waals surface area contributed by atoms with Crippen molar-refractivity contribution in [1.82, 2.24) is 20.1 Å². The summed E-state index contributed by atoms with van der Waals surface area (Å²) in [7, 11) is 0. The van der Waals surface area contributed by atoms with Gasteiger partial charge in [-0.2, -0.15) is 0 Å². The second kappa shape index (κ2) is 10.1. The molecule has 0 unspecified atom stereocenters. The van der Waals surface area contributed by atoms with Gasteiger partial charge in [-0.05, 0) is 63.8 Å². The van der Waals surface area contributed by atoms with Crippen molar-refractivity contribution in [3.05, 3.63) is 35.2 Å². The van der Waals surface area contributed by atoms with E-state index in [1.54, 1.807) is 0 Å². The molecule has 162 valence electrons. The van der Waals surface area contributed by atoms with Crippen LogP contribution in [0.15, 0.2) is 23.4 Å². The molecule has 8 heteroatoms. The van der Waals surface area contributed by atoms with E-state index in [1.165, 1.54) is 24.6 Å². The van der Waals surface area contributed by atoms with Crippen molar-refractivity contribution in [3.63, 3.8) is 0 Å². The Balaban J connectivity index is 1.61. The minimum atomic E-state index is -0.267. The standard InChI is InChI=1S/C22H31N5O2S/c1-5-27-19(13-20(28)23-18-11-14(2)10-15(3)12-18)25-26-22(27)30-16(4)21(29)24-17-8-6-7-9-17/h10-12,16-17H,5-9,13H2,1-4H3,(H,23,28)(H,24,29)/t16-/m0/s1. The number of aryl methyl sites for hydroxylation is 2. The van der Waals surface area contributed by atoms with Gasteiger partial charge in [0, 0.05) is 18.3 Å².